The van der Waals surface area contributed by atoms with Crippen molar-refractivity contribution in [2.75, 3.05) is 7.11 Å². The maximum absolute atomic E-state index is 11.5. The van der Waals surface area contributed by atoms with E-state index in [1.807, 2.05) is 0 Å². The number of aliphatic carboxylic acids is 1. The van der Waals surface area contributed by atoms with Gasteiger partial charge in [0.05, 0.1) is 7.11 Å². The van der Waals surface area contributed by atoms with Crippen LogP contribution in [-0.2, 0) is 9.53 Å². The molecule has 2 atom stereocenters. The van der Waals surface area contributed by atoms with Crippen molar-refractivity contribution >= 4 is 12.1 Å². The Morgan fingerprint density at radius 1 is 1.38 bits per heavy atom. The summed E-state index contributed by atoms with van der Waals surface area (Å²) in [7, 11) is 1.38. The molecule has 2 unspecified atom stereocenters. The van der Waals surface area contributed by atoms with Crippen molar-refractivity contribution in [2.45, 2.75) is 37.8 Å². The second-order valence-corrected chi connectivity index (χ2v) is 4.31. The topological polar surface area (TPSA) is 66.8 Å². The van der Waals surface area contributed by atoms with Crippen LogP contribution in [0.5, 0.6) is 0 Å². The molecule has 2 saturated heterocycles. The average Bonchev–Trinajstić information content (AvgIpc) is 2.49. The number of carboxylic acid groups (broad SMARTS) is 1. The minimum atomic E-state index is -0.902. The van der Waals surface area contributed by atoms with Crippen molar-refractivity contribution in [3.05, 3.63) is 11.6 Å². The van der Waals surface area contributed by atoms with Crippen molar-refractivity contribution in [1.29, 1.82) is 0 Å². The number of ether oxygens (including phenoxy) is 1. The minimum absolute atomic E-state index is 0.122. The number of hydrogen-bond donors (Lipinski definition) is 1. The lowest BCUT2D eigenvalue weighted by Gasteiger charge is -2.34. The van der Waals surface area contributed by atoms with Gasteiger partial charge in [-0.1, -0.05) is 5.57 Å². The fraction of sp³-hybridized carbons (Fsp3) is 0.636. The molecule has 0 aliphatic carbocycles. The zero-order valence-corrected chi connectivity index (χ0v) is 9.18. The molecule has 0 spiro atoms. The molecule has 0 aromatic carbocycles. The monoisotopic (exact) mass is 225 g/mol. The highest BCUT2D eigenvalue weighted by Gasteiger charge is 2.41. The summed E-state index contributed by atoms with van der Waals surface area (Å²) in [5, 5.41) is 8.70. The minimum Gasteiger partial charge on any atom is -0.478 e. The smallest absolute Gasteiger partial charge is 0.410 e. The van der Waals surface area contributed by atoms with Gasteiger partial charge < -0.3 is 14.7 Å². The number of carbonyl (C=O) groups excluding carboxylic acids is 1. The summed E-state index contributed by atoms with van der Waals surface area (Å²) in [6.45, 7) is 0. The van der Waals surface area contributed by atoms with Crippen LogP contribution in [0.25, 0.3) is 0 Å². The van der Waals surface area contributed by atoms with Gasteiger partial charge in [-0.3, -0.25) is 0 Å². The van der Waals surface area contributed by atoms with Crippen LogP contribution in [-0.4, -0.2) is 41.3 Å². The molecular weight excluding hydrogens is 210 g/mol. The highest BCUT2D eigenvalue weighted by atomic mass is 16.5. The summed E-state index contributed by atoms with van der Waals surface area (Å²) in [6, 6.07) is 0.244. The quantitative estimate of drug-likeness (QED) is 0.685. The molecule has 2 bridgehead atoms. The Morgan fingerprint density at radius 2 is 1.94 bits per heavy atom. The highest BCUT2D eigenvalue weighted by molar-refractivity contribution is 5.81. The summed E-state index contributed by atoms with van der Waals surface area (Å²) in [5.74, 6) is -0.902. The predicted octanol–water partition coefficient (Wildman–Crippen LogP) is 1.39. The average molecular weight is 225 g/mol. The Morgan fingerprint density at radius 3 is 2.38 bits per heavy atom. The zero-order valence-electron chi connectivity index (χ0n) is 9.18. The van der Waals surface area contributed by atoms with Gasteiger partial charge in [0.15, 0.2) is 0 Å². The normalized spacial score (nSPS) is 27.8. The Hall–Kier alpha value is -1.52. The number of carbonyl (C=O) groups is 2. The summed E-state index contributed by atoms with van der Waals surface area (Å²) in [5.41, 5.74) is 0.931. The van der Waals surface area contributed by atoms with Crippen LogP contribution in [0.15, 0.2) is 11.6 Å². The number of piperidine rings is 1. The number of methoxy groups -OCH3 is 1. The molecule has 5 nitrogen and oxygen atoms in total. The first kappa shape index (κ1) is 11.0. The number of amides is 1. The number of hydrogen-bond acceptors (Lipinski definition) is 3. The van der Waals surface area contributed by atoms with Gasteiger partial charge in [0.25, 0.3) is 0 Å². The third-order valence-electron chi connectivity index (χ3n) is 3.33. The van der Waals surface area contributed by atoms with E-state index in [0.29, 0.717) is 12.8 Å². The summed E-state index contributed by atoms with van der Waals surface area (Å²) < 4.78 is 4.74. The molecule has 2 aliphatic rings. The van der Waals surface area contributed by atoms with E-state index in [2.05, 4.69) is 0 Å². The van der Waals surface area contributed by atoms with Gasteiger partial charge >= 0.3 is 12.1 Å². The maximum Gasteiger partial charge on any atom is 0.410 e. The van der Waals surface area contributed by atoms with Gasteiger partial charge in [-0.25, -0.2) is 9.59 Å². The molecule has 16 heavy (non-hydrogen) atoms. The SMILES string of the molecule is COC(=O)N1C2CCC1CC(=CC(=O)O)C2. The number of fused-ring (bicyclic) bond motifs is 2. The second-order valence-electron chi connectivity index (χ2n) is 4.31. The molecule has 1 amide bonds. The Balaban J connectivity index is 2.12. The molecule has 0 saturated carbocycles. The van der Waals surface area contributed by atoms with E-state index in [9.17, 15) is 9.59 Å². The van der Waals surface area contributed by atoms with Crippen LogP contribution in [0.3, 0.4) is 0 Å². The van der Waals surface area contributed by atoms with E-state index < -0.39 is 5.97 Å². The fourth-order valence-corrected chi connectivity index (χ4v) is 2.75. The Kier molecular flexibility index (Phi) is 2.85. The molecule has 0 radical (unpaired) electrons. The Bertz CT molecular complexity index is 334. The van der Waals surface area contributed by atoms with Gasteiger partial charge in [-0.15, -0.1) is 0 Å². The second kappa shape index (κ2) is 4.15. The van der Waals surface area contributed by atoms with Crippen LogP contribution in [0.1, 0.15) is 25.7 Å². The van der Waals surface area contributed by atoms with Gasteiger partial charge in [-0.05, 0) is 25.7 Å². The van der Waals surface area contributed by atoms with E-state index >= 15 is 0 Å². The third kappa shape index (κ3) is 1.89. The Labute approximate surface area is 93.7 Å². The first-order valence-corrected chi connectivity index (χ1v) is 5.40. The van der Waals surface area contributed by atoms with Crippen molar-refractivity contribution < 1.29 is 19.4 Å². The molecule has 2 rings (SSSR count). The summed E-state index contributed by atoms with van der Waals surface area (Å²) in [4.78, 5) is 23.9. The molecule has 5 heteroatoms. The third-order valence-corrected chi connectivity index (χ3v) is 3.33. The van der Waals surface area contributed by atoms with Crippen LogP contribution in [0.4, 0.5) is 4.79 Å². The van der Waals surface area contributed by atoms with Gasteiger partial charge in [0, 0.05) is 18.2 Å². The van der Waals surface area contributed by atoms with Crippen LogP contribution >= 0.6 is 0 Å². The van der Waals surface area contributed by atoms with Crippen LogP contribution in [0.2, 0.25) is 0 Å². The fourth-order valence-electron chi connectivity index (χ4n) is 2.75. The standard InChI is InChI=1S/C11H15NO4/c1-16-11(15)12-8-2-3-9(12)5-7(4-8)6-10(13)14/h6,8-9H,2-5H2,1H3,(H,13,14). The van der Waals surface area contributed by atoms with Crippen molar-refractivity contribution in [2.24, 2.45) is 0 Å². The number of nitrogens with zero attached hydrogens (tertiary/aromatic N) is 1. The van der Waals surface area contributed by atoms with E-state index in [0.717, 1.165) is 18.4 Å². The molecule has 0 aromatic heterocycles. The van der Waals surface area contributed by atoms with Gasteiger partial charge in [0.1, 0.15) is 0 Å². The first-order valence-electron chi connectivity index (χ1n) is 5.40. The predicted molar refractivity (Wildman–Crippen MR) is 56.0 cm³/mol. The number of rotatable bonds is 1. The van der Waals surface area contributed by atoms with Crippen molar-refractivity contribution in [3.8, 4) is 0 Å². The molecule has 88 valence electrons. The summed E-state index contributed by atoms with van der Waals surface area (Å²) >= 11 is 0. The lowest BCUT2D eigenvalue weighted by Crippen LogP contribution is -2.44. The van der Waals surface area contributed by atoms with Crippen LogP contribution in [0, 0.1) is 0 Å². The lowest BCUT2D eigenvalue weighted by atomic mass is 9.97. The van der Waals surface area contributed by atoms with E-state index in [-0.39, 0.29) is 18.2 Å². The largest absolute Gasteiger partial charge is 0.478 e. The van der Waals surface area contributed by atoms with E-state index in [1.54, 1.807) is 4.90 Å². The number of carboxylic acids is 1. The first-order chi connectivity index (χ1) is 7.61. The molecule has 0 aromatic rings. The highest BCUT2D eigenvalue weighted by Crippen LogP contribution is 2.38. The molecule has 2 aliphatic heterocycles. The molecule has 2 heterocycles. The van der Waals surface area contributed by atoms with E-state index in [4.69, 9.17) is 9.84 Å². The van der Waals surface area contributed by atoms with Crippen molar-refractivity contribution in [3.63, 3.8) is 0 Å². The molecular formula is C11H15NO4. The van der Waals surface area contributed by atoms with Gasteiger partial charge in [0.2, 0.25) is 0 Å². The lowest BCUT2D eigenvalue weighted by molar-refractivity contribution is -0.131. The maximum atomic E-state index is 11.5. The van der Waals surface area contributed by atoms with Gasteiger partial charge in [-0.2, -0.15) is 0 Å². The van der Waals surface area contributed by atoms with E-state index in [1.165, 1.54) is 13.2 Å². The molecule has 2 fully saturated rings. The molecule has 1 N–H and O–H groups in total. The van der Waals surface area contributed by atoms with Crippen molar-refractivity contribution in [1.82, 2.24) is 4.90 Å². The zero-order chi connectivity index (χ0) is 11.7. The summed E-state index contributed by atoms with van der Waals surface area (Å²) in [6.07, 6.45) is 4.20. The van der Waals surface area contributed by atoms with Crippen LogP contribution < -0.4 is 0 Å².